The summed E-state index contributed by atoms with van der Waals surface area (Å²) in [6.45, 7) is 7.80. The first kappa shape index (κ1) is 16.0. The topological polar surface area (TPSA) is 60.9 Å². The third kappa shape index (κ3) is 2.40. The minimum atomic E-state index is -0.535. The van der Waals surface area contributed by atoms with Crippen molar-refractivity contribution < 1.29 is 14.4 Å². The number of hydrogen-bond donors (Lipinski definition) is 0. The zero-order valence-electron chi connectivity index (χ0n) is 14.5. The maximum atomic E-state index is 12.5. The van der Waals surface area contributed by atoms with Crippen LogP contribution in [-0.2, 0) is 9.59 Å². The monoisotopic (exact) mass is 339 g/mol. The van der Waals surface area contributed by atoms with Crippen LogP contribution in [0.2, 0.25) is 0 Å². The largest absolute Gasteiger partial charge is 0.343 e. The Labute approximate surface area is 146 Å². The van der Waals surface area contributed by atoms with Gasteiger partial charge in [0.25, 0.3) is 11.7 Å². The van der Waals surface area contributed by atoms with Gasteiger partial charge in [-0.15, -0.1) is 0 Å². The zero-order valence-corrected chi connectivity index (χ0v) is 14.5. The van der Waals surface area contributed by atoms with E-state index in [1.165, 1.54) is 0 Å². The Hall–Kier alpha value is -2.47. The standard InChI is InChI=1S/C19H21N3O3/c1-19(2)10-13(11-20-6-8-21(12-23)9-7-20)14-4-3-5-15-16(14)22(19)18(25)17(15)24/h3-5,10,12H,6-9,11H2,1-2H3. The average molecular weight is 339 g/mol. The van der Waals surface area contributed by atoms with Crippen molar-refractivity contribution in [2.45, 2.75) is 19.4 Å². The number of anilines is 1. The molecule has 6 nitrogen and oxygen atoms in total. The van der Waals surface area contributed by atoms with Crippen LogP contribution in [0.25, 0.3) is 5.57 Å². The Morgan fingerprint density at radius 1 is 1.08 bits per heavy atom. The molecule has 1 saturated heterocycles. The lowest BCUT2D eigenvalue weighted by Gasteiger charge is -2.40. The van der Waals surface area contributed by atoms with E-state index in [1.54, 1.807) is 15.9 Å². The number of rotatable bonds is 3. The van der Waals surface area contributed by atoms with Crippen LogP contribution in [0, 0.1) is 0 Å². The number of ketones is 1. The van der Waals surface area contributed by atoms with Gasteiger partial charge in [-0.3, -0.25) is 24.2 Å². The van der Waals surface area contributed by atoms with Gasteiger partial charge in [-0.1, -0.05) is 18.2 Å². The van der Waals surface area contributed by atoms with Crippen molar-refractivity contribution in [3.05, 3.63) is 35.4 Å². The van der Waals surface area contributed by atoms with Gasteiger partial charge >= 0.3 is 0 Å². The fraction of sp³-hybridized carbons (Fsp3) is 0.421. The van der Waals surface area contributed by atoms with Crippen LogP contribution in [0.1, 0.15) is 29.8 Å². The molecule has 3 aliphatic heterocycles. The van der Waals surface area contributed by atoms with Gasteiger partial charge in [0.15, 0.2) is 0 Å². The molecule has 0 saturated carbocycles. The molecule has 25 heavy (non-hydrogen) atoms. The Morgan fingerprint density at radius 2 is 1.76 bits per heavy atom. The minimum Gasteiger partial charge on any atom is -0.343 e. The van der Waals surface area contributed by atoms with Gasteiger partial charge < -0.3 is 4.90 Å². The van der Waals surface area contributed by atoms with Crippen molar-refractivity contribution in [2.75, 3.05) is 37.6 Å². The third-order valence-corrected chi connectivity index (χ3v) is 5.30. The molecule has 6 heteroatoms. The summed E-state index contributed by atoms with van der Waals surface area (Å²) in [7, 11) is 0. The molecule has 1 fully saturated rings. The number of Topliss-reactive ketones (excluding diaryl/α,β-unsaturated/α-hetero) is 1. The first-order valence-corrected chi connectivity index (χ1v) is 8.58. The Balaban J connectivity index is 1.69. The van der Waals surface area contributed by atoms with Crippen LogP contribution in [0.3, 0.4) is 0 Å². The van der Waals surface area contributed by atoms with E-state index in [9.17, 15) is 14.4 Å². The SMILES string of the molecule is CC1(C)C=C(CN2CCN(C=O)CC2)c2cccc3c2N1C(=O)C3=O. The smallest absolute Gasteiger partial charge is 0.300 e. The fourth-order valence-electron chi connectivity index (χ4n) is 4.06. The number of carbonyl (C=O) groups is 3. The number of benzene rings is 1. The number of nitrogens with zero attached hydrogens (tertiary/aromatic N) is 3. The van der Waals surface area contributed by atoms with Crippen LogP contribution in [-0.4, -0.2) is 66.2 Å². The number of carbonyl (C=O) groups excluding carboxylic acids is 3. The van der Waals surface area contributed by atoms with Crippen molar-refractivity contribution in [2.24, 2.45) is 0 Å². The molecular formula is C19H21N3O3. The number of piperazine rings is 1. The highest BCUT2D eigenvalue weighted by Crippen LogP contribution is 2.45. The van der Waals surface area contributed by atoms with Gasteiger partial charge in [-0.05, 0) is 25.5 Å². The average Bonchev–Trinajstić information content (AvgIpc) is 2.86. The predicted molar refractivity (Wildman–Crippen MR) is 94.4 cm³/mol. The maximum Gasteiger partial charge on any atom is 0.300 e. The molecule has 4 rings (SSSR count). The molecule has 0 aromatic heterocycles. The van der Waals surface area contributed by atoms with Gasteiger partial charge in [0, 0.05) is 38.3 Å². The highest BCUT2D eigenvalue weighted by atomic mass is 16.2. The number of hydrogen-bond acceptors (Lipinski definition) is 4. The quantitative estimate of drug-likeness (QED) is 0.613. The summed E-state index contributed by atoms with van der Waals surface area (Å²) in [4.78, 5) is 41.4. The molecule has 0 radical (unpaired) electrons. The van der Waals surface area contributed by atoms with Crippen LogP contribution in [0.4, 0.5) is 5.69 Å². The Kier molecular flexibility index (Phi) is 3.54. The van der Waals surface area contributed by atoms with E-state index in [0.717, 1.165) is 56.0 Å². The van der Waals surface area contributed by atoms with E-state index in [1.807, 2.05) is 26.0 Å². The molecule has 0 N–H and O–H groups in total. The summed E-state index contributed by atoms with van der Waals surface area (Å²) in [5.41, 5.74) is 2.83. The first-order valence-electron chi connectivity index (χ1n) is 8.58. The fourth-order valence-corrected chi connectivity index (χ4v) is 4.06. The molecule has 1 aromatic carbocycles. The van der Waals surface area contributed by atoms with Gasteiger partial charge in [-0.2, -0.15) is 0 Å². The summed E-state index contributed by atoms with van der Waals surface area (Å²) in [6, 6.07) is 5.57. The summed E-state index contributed by atoms with van der Waals surface area (Å²) in [5, 5.41) is 0. The van der Waals surface area contributed by atoms with E-state index in [0.29, 0.717) is 5.56 Å². The molecule has 130 valence electrons. The lowest BCUT2D eigenvalue weighted by Crippen LogP contribution is -2.49. The molecular weight excluding hydrogens is 318 g/mol. The molecule has 1 aromatic rings. The van der Waals surface area contributed by atoms with Crippen molar-refractivity contribution in [1.29, 1.82) is 0 Å². The molecule has 0 spiro atoms. The van der Waals surface area contributed by atoms with Crippen molar-refractivity contribution in [3.63, 3.8) is 0 Å². The van der Waals surface area contributed by atoms with Gasteiger partial charge in [0.1, 0.15) is 0 Å². The second kappa shape index (κ2) is 5.52. The molecule has 2 amide bonds. The molecule has 3 aliphatic rings. The van der Waals surface area contributed by atoms with Gasteiger partial charge in [-0.25, -0.2) is 0 Å². The van der Waals surface area contributed by atoms with Crippen molar-refractivity contribution in [1.82, 2.24) is 9.80 Å². The summed E-state index contributed by atoms with van der Waals surface area (Å²) < 4.78 is 0. The predicted octanol–water partition coefficient (Wildman–Crippen LogP) is 1.17. The van der Waals surface area contributed by atoms with Gasteiger partial charge in [0.2, 0.25) is 6.41 Å². The number of amides is 2. The van der Waals surface area contributed by atoms with E-state index < -0.39 is 17.2 Å². The van der Waals surface area contributed by atoms with Crippen LogP contribution >= 0.6 is 0 Å². The lowest BCUT2D eigenvalue weighted by atomic mass is 9.88. The molecule has 0 aliphatic carbocycles. The second-order valence-corrected chi connectivity index (χ2v) is 7.41. The van der Waals surface area contributed by atoms with E-state index in [2.05, 4.69) is 11.0 Å². The van der Waals surface area contributed by atoms with E-state index >= 15 is 0 Å². The lowest BCUT2D eigenvalue weighted by molar-refractivity contribution is -0.119. The van der Waals surface area contributed by atoms with E-state index in [4.69, 9.17) is 0 Å². The summed E-state index contributed by atoms with van der Waals surface area (Å²) in [6.07, 6.45) is 3.00. The highest BCUT2D eigenvalue weighted by Gasteiger charge is 2.46. The normalized spacial score (nSPS) is 22.1. The van der Waals surface area contributed by atoms with E-state index in [-0.39, 0.29) is 0 Å². The molecule has 0 bridgehead atoms. The molecule has 0 unspecified atom stereocenters. The summed E-state index contributed by atoms with van der Waals surface area (Å²) in [5.74, 6) is -0.860. The maximum absolute atomic E-state index is 12.5. The molecule has 3 heterocycles. The highest BCUT2D eigenvalue weighted by molar-refractivity contribution is 6.53. The Bertz CT molecular complexity index is 804. The van der Waals surface area contributed by atoms with Crippen molar-refractivity contribution >= 4 is 29.4 Å². The van der Waals surface area contributed by atoms with Crippen LogP contribution in [0.15, 0.2) is 24.3 Å². The zero-order chi connectivity index (χ0) is 17.8. The van der Waals surface area contributed by atoms with Gasteiger partial charge in [0.05, 0.1) is 16.8 Å². The minimum absolute atomic E-state index is 0.417. The van der Waals surface area contributed by atoms with Crippen LogP contribution in [0.5, 0.6) is 0 Å². The third-order valence-electron chi connectivity index (χ3n) is 5.30. The first-order chi connectivity index (χ1) is 11.9. The van der Waals surface area contributed by atoms with Crippen molar-refractivity contribution in [3.8, 4) is 0 Å². The molecule has 0 atom stereocenters. The Morgan fingerprint density at radius 3 is 2.44 bits per heavy atom. The van der Waals surface area contributed by atoms with Crippen LogP contribution < -0.4 is 4.90 Å². The number of para-hydroxylation sites is 1. The second-order valence-electron chi connectivity index (χ2n) is 7.41. The summed E-state index contributed by atoms with van der Waals surface area (Å²) >= 11 is 0.